The van der Waals surface area contributed by atoms with Crippen molar-refractivity contribution in [3.63, 3.8) is 0 Å². The number of benzene rings is 2. The van der Waals surface area contributed by atoms with Crippen LogP contribution >= 0.6 is 15.9 Å². The van der Waals surface area contributed by atoms with E-state index in [1.807, 2.05) is 0 Å². The van der Waals surface area contributed by atoms with Crippen molar-refractivity contribution in [2.75, 3.05) is 18.6 Å². The molecule has 0 fully saturated rings. The number of methoxy groups -OCH3 is 1. The molecule has 0 N–H and O–H groups in total. The molecule has 0 aromatic heterocycles. The van der Waals surface area contributed by atoms with Crippen LogP contribution in [0.15, 0.2) is 45.8 Å². The number of rotatable bonds is 5. The van der Waals surface area contributed by atoms with E-state index in [4.69, 9.17) is 4.74 Å². The van der Waals surface area contributed by atoms with E-state index >= 15 is 4.39 Å². The van der Waals surface area contributed by atoms with E-state index in [1.165, 1.54) is 42.3 Å². The zero-order valence-electron chi connectivity index (χ0n) is 16.2. The van der Waals surface area contributed by atoms with Gasteiger partial charge in [-0.25, -0.2) is 26.0 Å². The van der Waals surface area contributed by atoms with Gasteiger partial charge in [0.15, 0.2) is 0 Å². The quantitative estimate of drug-likeness (QED) is 0.473. The molecule has 1 heterocycles. The molecule has 0 amide bonds. The zero-order valence-corrected chi connectivity index (χ0v) is 18.6. The third-order valence-electron chi connectivity index (χ3n) is 4.99. The first-order valence-electron chi connectivity index (χ1n) is 9.10. The summed E-state index contributed by atoms with van der Waals surface area (Å²) in [6.07, 6.45) is -1.03. The molecular weight excluding hydrogens is 490 g/mol. The maximum absolute atomic E-state index is 15.3. The second kappa shape index (κ2) is 8.37. The molecule has 3 rings (SSSR count). The van der Waals surface area contributed by atoms with Crippen LogP contribution in [0.25, 0.3) is 0 Å². The van der Waals surface area contributed by atoms with Gasteiger partial charge in [0.1, 0.15) is 11.6 Å². The van der Waals surface area contributed by atoms with Crippen LogP contribution < -0.4 is 9.64 Å². The van der Waals surface area contributed by atoms with Crippen LogP contribution in [0, 0.1) is 11.7 Å². The first-order chi connectivity index (χ1) is 13.9. The lowest BCUT2D eigenvalue weighted by atomic mass is 10.0. The summed E-state index contributed by atoms with van der Waals surface area (Å²) in [5, 5.41) is 0. The lowest BCUT2D eigenvalue weighted by Gasteiger charge is -2.28. The Bertz CT molecular complexity index is 1040. The third kappa shape index (κ3) is 4.59. The van der Waals surface area contributed by atoms with Crippen LogP contribution in [-0.4, -0.2) is 33.5 Å². The van der Waals surface area contributed by atoms with E-state index in [9.17, 15) is 21.6 Å². The Labute approximate surface area is 180 Å². The number of ether oxygens (including phenoxy) is 1. The minimum absolute atomic E-state index is 0.113. The molecule has 4 nitrogen and oxygen atoms in total. The molecule has 2 unspecified atom stereocenters. The van der Waals surface area contributed by atoms with Gasteiger partial charge in [-0.15, -0.1) is 0 Å². The maximum Gasteiger partial charge on any atom is 0.245 e. The van der Waals surface area contributed by atoms with E-state index in [2.05, 4.69) is 15.9 Å². The van der Waals surface area contributed by atoms with Crippen LogP contribution in [0.3, 0.4) is 0 Å². The highest BCUT2D eigenvalue weighted by atomic mass is 79.9. The minimum Gasteiger partial charge on any atom is -0.496 e. The molecule has 2 aromatic carbocycles. The van der Waals surface area contributed by atoms with Gasteiger partial charge in [0.25, 0.3) is 0 Å². The molecule has 0 spiro atoms. The molecule has 2 aromatic rings. The molecular formula is C20H20BrF4NO3S. The third-order valence-corrected chi connectivity index (χ3v) is 7.53. The van der Waals surface area contributed by atoms with Gasteiger partial charge in [0.05, 0.1) is 22.2 Å². The number of halogens is 5. The van der Waals surface area contributed by atoms with Gasteiger partial charge in [0, 0.05) is 30.6 Å². The Morgan fingerprint density at radius 3 is 2.57 bits per heavy atom. The van der Waals surface area contributed by atoms with Crippen molar-refractivity contribution in [3.05, 3.63) is 46.7 Å². The number of nitrogens with zero attached hydrogens (tertiary/aromatic N) is 1. The maximum atomic E-state index is 15.3. The lowest BCUT2D eigenvalue weighted by molar-refractivity contribution is 0.00529. The molecule has 0 saturated heterocycles. The van der Waals surface area contributed by atoms with Gasteiger partial charge in [0.2, 0.25) is 21.3 Å². The Morgan fingerprint density at radius 1 is 1.27 bits per heavy atom. The van der Waals surface area contributed by atoms with Crippen LogP contribution in [-0.2, 0) is 9.84 Å². The predicted molar refractivity (Wildman–Crippen MR) is 110 cm³/mol. The highest BCUT2D eigenvalue weighted by molar-refractivity contribution is 9.10. The summed E-state index contributed by atoms with van der Waals surface area (Å²) in [5.41, 5.74) is -2.00. The van der Waals surface area contributed by atoms with E-state index in [-0.39, 0.29) is 35.0 Å². The van der Waals surface area contributed by atoms with Crippen molar-refractivity contribution in [2.24, 2.45) is 5.92 Å². The highest BCUT2D eigenvalue weighted by Crippen LogP contribution is 2.45. The average molecular weight is 510 g/mol. The molecule has 10 heteroatoms. The fourth-order valence-corrected chi connectivity index (χ4v) is 5.66. The highest BCUT2D eigenvalue weighted by Gasteiger charge is 2.43. The number of sulfone groups is 1. The molecule has 0 aliphatic carbocycles. The Hall–Kier alpha value is -1.81. The van der Waals surface area contributed by atoms with Gasteiger partial charge in [-0.1, -0.05) is 6.07 Å². The fourth-order valence-electron chi connectivity index (χ4n) is 3.46. The predicted octanol–water partition coefficient (Wildman–Crippen LogP) is 5.87. The van der Waals surface area contributed by atoms with Crippen LogP contribution in [0.1, 0.15) is 19.8 Å². The summed E-state index contributed by atoms with van der Waals surface area (Å²) in [4.78, 5) is 1.10. The summed E-state index contributed by atoms with van der Waals surface area (Å²) >= 11 is 3.29. The SMILES string of the molecule is COc1cc2c(cc1Br)N(c1cccc(F)c1)CC(CCC(C)(F)F)C(F)S2(=O)=O. The average Bonchev–Trinajstić information content (AvgIpc) is 2.73. The summed E-state index contributed by atoms with van der Waals surface area (Å²) in [6, 6.07) is 8.01. The van der Waals surface area contributed by atoms with Gasteiger partial charge in [-0.05, 0) is 53.5 Å². The number of fused-ring (bicyclic) bond motifs is 1. The molecule has 2 atom stereocenters. The zero-order chi connectivity index (χ0) is 22.3. The molecule has 164 valence electrons. The fraction of sp³-hybridized carbons (Fsp3) is 0.400. The van der Waals surface area contributed by atoms with E-state index in [1.54, 1.807) is 6.07 Å². The Morgan fingerprint density at radius 2 is 1.97 bits per heavy atom. The summed E-state index contributed by atoms with van der Waals surface area (Å²) < 4.78 is 87.7. The molecule has 0 radical (unpaired) electrons. The van der Waals surface area contributed by atoms with Gasteiger partial charge in [-0.3, -0.25) is 0 Å². The number of hydrogen-bond donors (Lipinski definition) is 0. The minimum atomic E-state index is -4.52. The topological polar surface area (TPSA) is 46.6 Å². The second-order valence-corrected chi connectivity index (χ2v) is 10.1. The Kier molecular flexibility index (Phi) is 6.38. The van der Waals surface area contributed by atoms with Gasteiger partial charge in [-0.2, -0.15) is 0 Å². The summed E-state index contributed by atoms with van der Waals surface area (Å²) in [5.74, 6) is -4.72. The lowest BCUT2D eigenvalue weighted by Crippen LogP contribution is -2.32. The molecule has 30 heavy (non-hydrogen) atoms. The monoisotopic (exact) mass is 509 g/mol. The normalized spacial score (nSPS) is 21.1. The van der Waals surface area contributed by atoms with Crippen molar-refractivity contribution in [1.82, 2.24) is 0 Å². The summed E-state index contributed by atoms with van der Waals surface area (Å²) in [7, 11) is -3.19. The smallest absolute Gasteiger partial charge is 0.245 e. The largest absolute Gasteiger partial charge is 0.496 e. The second-order valence-electron chi connectivity index (χ2n) is 7.31. The first kappa shape index (κ1) is 22.9. The molecule has 1 aliphatic heterocycles. The standard InChI is InChI=1S/C20H20BrF4NO3S/c1-20(24,25)7-6-12-11-26(14-5-3-4-13(22)8-14)16-9-15(21)17(29-2)10-18(16)30(27,28)19(12)23/h3-5,8-10,12,19H,6-7,11H2,1-2H3. The van der Waals surface area contributed by atoms with Crippen molar-refractivity contribution >= 4 is 37.1 Å². The number of alkyl halides is 3. The van der Waals surface area contributed by atoms with Crippen LogP contribution in [0.4, 0.5) is 28.9 Å². The Balaban J connectivity index is 2.20. The molecule has 0 saturated carbocycles. The van der Waals surface area contributed by atoms with Crippen molar-refractivity contribution in [1.29, 1.82) is 0 Å². The van der Waals surface area contributed by atoms with Crippen molar-refractivity contribution < 1.29 is 30.7 Å². The van der Waals surface area contributed by atoms with Crippen molar-refractivity contribution in [2.45, 2.75) is 36.1 Å². The first-order valence-corrected chi connectivity index (χ1v) is 11.4. The van der Waals surface area contributed by atoms with Crippen LogP contribution in [0.5, 0.6) is 5.75 Å². The van der Waals surface area contributed by atoms with Gasteiger partial charge >= 0.3 is 0 Å². The number of anilines is 2. The summed E-state index contributed by atoms with van der Waals surface area (Å²) in [6.45, 7) is 0.484. The van der Waals surface area contributed by atoms with E-state index < -0.39 is 39.4 Å². The number of hydrogen-bond acceptors (Lipinski definition) is 4. The molecule has 1 aliphatic rings. The van der Waals surface area contributed by atoms with E-state index in [0.717, 1.165) is 0 Å². The van der Waals surface area contributed by atoms with Crippen molar-refractivity contribution in [3.8, 4) is 5.75 Å². The van der Waals surface area contributed by atoms with Gasteiger partial charge < -0.3 is 9.64 Å². The van der Waals surface area contributed by atoms with Crippen LogP contribution in [0.2, 0.25) is 0 Å². The molecule has 0 bridgehead atoms. The van der Waals surface area contributed by atoms with E-state index in [0.29, 0.717) is 11.4 Å².